The maximum absolute atomic E-state index is 9.12. The van der Waals surface area contributed by atoms with E-state index in [1.807, 2.05) is 0 Å². The van der Waals surface area contributed by atoms with Gasteiger partial charge in [-0.3, -0.25) is 0 Å². The van der Waals surface area contributed by atoms with Gasteiger partial charge in [0.25, 0.3) is 0 Å². The molecule has 3 nitrogen and oxygen atoms in total. The second-order valence-electron chi connectivity index (χ2n) is 0.804. The predicted octanol–water partition coefficient (Wildman–Crippen LogP) is 0.998. The van der Waals surface area contributed by atoms with Crippen LogP contribution in [0.3, 0.4) is 0 Å². The van der Waals surface area contributed by atoms with Gasteiger partial charge in [0.1, 0.15) is 6.61 Å². The largest absolute Gasteiger partial charge is 0.480 e. The van der Waals surface area contributed by atoms with E-state index in [2.05, 4.69) is 0 Å². The molecular formula is C4H6Cl2O3. The van der Waals surface area contributed by atoms with Crippen molar-refractivity contribution < 1.29 is 15.0 Å². The minimum Gasteiger partial charge on any atom is -0.480 e. The van der Waals surface area contributed by atoms with E-state index >= 15 is 0 Å². The van der Waals surface area contributed by atoms with E-state index in [0.29, 0.717) is 0 Å². The highest BCUT2D eigenvalue weighted by Gasteiger charge is 1.82. The number of hydrogen-bond acceptors (Lipinski definition) is 2. The number of carbonyl (C=O) groups is 1. The zero-order valence-corrected chi connectivity index (χ0v) is 5.93. The Hall–Kier alpha value is -0.250. The number of halogens is 2. The Labute approximate surface area is 62.5 Å². The third-order valence-electron chi connectivity index (χ3n) is 0.183. The highest BCUT2D eigenvalue weighted by molar-refractivity contribution is 6.33. The molecule has 0 unspecified atom stereocenters. The van der Waals surface area contributed by atoms with Gasteiger partial charge in [-0.05, 0) is 0 Å². The maximum atomic E-state index is 9.12. The van der Waals surface area contributed by atoms with Crippen LogP contribution in [0.4, 0.5) is 0 Å². The molecule has 0 aromatic heterocycles. The quantitative estimate of drug-likeness (QED) is 0.621. The lowest BCUT2D eigenvalue weighted by molar-refractivity contribution is -0.140. The van der Waals surface area contributed by atoms with Gasteiger partial charge in [-0.25, -0.2) is 4.79 Å². The SMILES string of the molecule is ClC=CCl.O=C(O)CO. The van der Waals surface area contributed by atoms with E-state index < -0.39 is 12.6 Å². The Morgan fingerprint density at radius 1 is 1.44 bits per heavy atom. The minimum absolute atomic E-state index is 0.778. The van der Waals surface area contributed by atoms with Crippen LogP contribution in [0, 0.1) is 0 Å². The molecule has 0 aromatic rings. The average Bonchev–Trinajstić information content (AvgIpc) is 1.89. The summed E-state index contributed by atoms with van der Waals surface area (Å²) in [5.74, 6) is -1.19. The van der Waals surface area contributed by atoms with Crippen LogP contribution in [-0.2, 0) is 4.79 Å². The van der Waals surface area contributed by atoms with Crippen molar-refractivity contribution in [1.29, 1.82) is 0 Å². The molecule has 0 heterocycles. The Morgan fingerprint density at radius 3 is 1.67 bits per heavy atom. The van der Waals surface area contributed by atoms with Gasteiger partial charge in [0.2, 0.25) is 0 Å². The van der Waals surface area contributed by atoms with Gasteiger partial charge in [0, 0.05) is 11.1 Å². The normalized spacial score (nSPS) is 8.33. The summed E-state index contributed by atoms with van der Waals surface area (Å²) < 4.78 is 0. The monoisotopic (exact) mass is 172 g/mol. The molecule has 54 valence electrons. The summed E-state index contributed by atoms with van der Waals surface area (Å²) in [5.41, 5.74) is 2.48. The van der Waals surface area contributed by atoms with Crippen LogP contribution in [0.15, 0.2) is 11.1 Å². The van der Waals surface area contributed by atoms with E-state index in [4.69, 9.17) is 38.2 Å². The molecule has 0 rings (SSSR count). The first kappa shape index (κ1) is 11.5. The second-order valence-corrected chi connectivity index (χ2v) is 1.31. The molecule has 0 aliphatic rings. The van der Waals surface area contributed by atoms with E-state index in [9.17, 15) is 0 Å². The highest BCUT2D eigenvalue weighted by Crippen LogP contribution is 1.78. The predicted molar refractivity (Wildman–Crippen MR) is 35.6 cm³/mol. The molecule has 2 N–H and O–H groups in total. The van der Waals surface area contributed by atoms with Crippen molar-refractivity contribution in [3.8, 4) is 0 Å². The minimum atomic E-state index is -1.19. The van der Waals surface area contributed by atoms with Crippen LogP contribution in [0.25, 0.3) is 0 Å². The molecule has 0 spiro atoms. The van der Waals surface area contributed by atoms with Gasteiger partial charge in [0.15, 0.2) is 0 Å². The van der Waals surface area contributed by atoms with Crippen LogP contribution in [0.2, 0.25) is 0 Å². The van der Waals surface area contributed by atoms with Gasteiger partial charge >= 0.3 is 5.97 Å². The van der Waals surface area contributed by atoms with E-state index in [-0.39, 0.29) is 0 Å². The van der Waals surface area contributed by atoms with Gasteiger partial charge in [-0.15, -0.1) is 0 Å². The summed E-state index contributed by atoms with van der Waals surface area (Å²) >= 11 is 9.75. The highest BCUT2D eigenvalue weighted by atomic mass is 35.5. The Kier molecular flexibility index (Phi) is 13.7. The first-order chi connectivity index (χ1) is 4.18. The lowest BCUT2D eigenvalue weighted by atomic mass is 10.8. The molecule has 0 amide bonds. The summed E-state index contributed by atoms with van der Waals surface area (Å²) in [6.45, 7) is -0.778. The van der Waals surface area contributed by atoms with Crippen LogP contribution >= 0.6 is 23.2 Å². The van der Waals surface area contributed by atoms with Gasteiger partial charge in [-0.1, -0.05) is 23.2 Å². The molecular weight excluding hydrogens is 167 g/mol. The molecule has 0 aromatic carbocycles. The van der Waals surface area contributed by atoms with Crippen LogP contribution < -0.4 is 0 Å². The molecule has 0 saturated carbocycles. The average molecular weight is 173 g/mol. The van der Waals surface area contributed by atoms with Gasteiger partial charge in [-0.2, -0.15) is 0 Å². The summed E-state index contributed by atoms with van der Waals surface area (Å²) in [5, 5.41) is 15.0. The maximum Gasteiger partial charge on any atom is 0.329 e. The first-order valence-electron chi connectivity index (χ1n) is 1.87. The van der Waals surface area contributed by atoms with Crippen molar-refractivity contribution in [1.82, 2.24) is 0 Å². The smallest absolute Gasteiger partial charge is 0.329 e. The third-order valence-corrected chi connectivity index (χ3v) is 0.564. The number of hydrogen-bond donors (Lipinski definition) is 2. The molecule has 0 bridgehead atoms. The fraction of sp³-hybridized carbons (Fsp3) is 0.250. The fourth-order valence-corrected chi connectivity index (χ4v) is 0. The topological polar surface area (TPSA) is 57.5 Å². The van der Waals surface area contributed by atoms with Gasteiger partial charge in [0.05, 0.1) is 0 Å². The first-order valence-corrected chi connectivity index (χ1v) is 2.74. The van der Waals surface area contributed by atoms with Crippen LogP contribution in [0.1, 0.15) is 0 Å². The van der Waals surface area contributed by atoms with Crippen molar-refractivity contribution in [2.24, 2.45) is 0 Å². The molecule has 9 heavy (non-hydrogen) atoms. The molecule has 0 aliphatic heterocycles. The van der Waals surface area contributed by atoms with Gasteiger partial charge < -0.3 is 10.2 Å². The zero-order chi connectivity index (χ0) is 7.70. The number of aliphatic carboxylic acids is 1. The second kappa shape index (κ2) is 10.7. The Balaban J connectivity index is 0. The van der Waals surface area contributed by atoms with Crippen molar-refractivity contribution >= 4 is 29.2 Å². The zero-order valence-electron chi connectivity index (χ0n) is 4.42. The number of aliphatic hydroxyl groups is 1. The molecule has 0 saturated heterocycles. The Morgan fingerprint density at radius 2 is 1.67 bits per heavy atom. The molecule has 5 heteroatoms. The van der Waals surface area contributed by atoms with E-state index in [1.54, 1.807) is 0 Å². The number of carboxylic acids is 1. The van der Waals surface area contributed by atoms with Crippen molar-refractivity contribution in [3.05, 3.63) is 11.1 Å². The van der Waals surface area contributed by atoms with Crippen LogP contribution in [-0.4, -0.2) is 22.8 Å². The summed E-state index contributed by atoms with van der Waals surface area (Å²) in [6, 6.07) is 0. The molecule has 0 atom stereocenters. The van der Waals surface area contributed by atoms with Crippen molar-refractivity contribution in [3.63, 3.8) is 0 Å². The Bertz CT molecular complexity index is 87.8. The van der Waals surface area contributed by atoms with E-state index in [0.717, 1.165) is 0 Å². The fourth-order valence-electron chi connectivity index (χ4n) is 0. The molecule has 0 aliphatic carbocycles. The molecule has 0 fully saturated rings. The van der Waals surface area contributed by atoms with Crippen LogP contribution in [0.5, 0.6) is 0 Å². The third kappa shape index (κ3) is 33.9. The van der Waals surface area contributed by atoms with Crippen molar-refractivity contribution in [2.45, 2.75) is 0 Å². The number of carboxylic acid groups (broad SMARTS) is 1. The standard InChI is InChI=1S/C2H2Cl2.C2H4O3/c3-1-2-4;3-1-2(4)5/h1-2H;3H,1H2,(H,4,5). The van der Waals surface area contributed by atoms with Crippen molar-refractivity contribution in [2.75, 3.05) is 6.61 Å². The summed E-state index contributed by atoms with van der Waals surface area (Å²) in [4.78, 5) is 9.12. The summed E-state index contributed by atoms with van der Waals surface area (Å²) in [7, 11) is 0. The van der Waals surface area contributed by atoms with E-state index in [1.165, 1.54) is 11.1 Å². The molecule has 0 radical (unpaired) electrons. The lowest BCUT2D eigenvalue weighted by Gasteiger charge is -1.72. The number of rotatable bonds is 1. The number of aliphatic hydroxyl groups excluding tert-OH is 1. The summed E-state index contributed by atoms with van der Waals surface area (Å²) in [6.07, 6.45) is 0. The lowest BCUT2D eigenvalue weighted by Crippen LogP contribution is -1.98.